The van der Waals surface area contributed by atoms with Crippen molar-refractivity contribution >= 4 is 29.9 Å². The molecule has 6 nitrogen and oxygen atoms in total. The predicted molar refractivity (Wildman–Crippen MR) is 122 cm³/mol. The first kappa shape index (κ1) is 23.0. The van der Waals surface area contributed by atoms with Gasteiger partial charge in [0.2, 0.25) is 0 Å². The van der Waals surface area contributed by atoms with E-state index in [2.05, 4.69) is 39.3 Å². The van der Waals surface area contributed by atoms with Crippen LogP contribution in [0.3, 0.4) is 0 Å². The number of H-pyrrole nitrogens is 1. The number of hydrogen-bond donors (Lipinski definition) is 3. The summed E-state index contributed by atoms with van der Waals surface area (Å²) in [7, 11) is 0. The lowest BCUT2D eigenvalue weighted by atomic mass is 10.1. The highest BCUT2D eigenvalue weighted by atomic mass is 127. The van der Waals surface area contributed by atoms with Gasteiger partial charge in [0, 0.05) is 24.3 Å². The summed E-state index contributed by atoms with van der Waals surface area (Å²) in [5.41, 5.74) is 3.46. The lowest BCUT2D eigenvalue weighted by molar-refractivity contribution is 0.359. The number of ether oxygens (including phenoxy) is 1. The van der Waals surface area contributed by atoms with Gasteiger partial charge in [0.25, 0.3) is 0 Å². The minimum absolute atomic E-state index is 0. The van der Waals surface area contributed by atoms with Crippen molar-refractivity contribution in [2.24, 2.45) is 4.99 Å². The molecule has 0 saturated carbocycles. The number of aryl methyl sites for hydroxylation is 2. The number of aliphatic imine (C=N–C) groups is 1. The van der Waals surface area contributed by atoms with Gasteiger partial charge < -0.3 is 15.4 Å². The van der Waals surface area contributed by atoms with E-state index in [9.17, 15) is 0 Å². The van der Waals surface area contributed by atoms with Gasteiger partial charge in [-0.3, -0.25) is 5.10 Å². The van der Waals surface area contributed by atoms with Crippen molar-refractivity contribution in [2.45, 2.75) is 33.2 Å². The molecule has 1 aromatic carbocycles. The Balaban J connectivity index is 0.00000364. The summed E-state index contributed by atoms with van der Waals surface area (Å²) in [5.74, 6) is 1.66. The van der Waals surface area contributed by atoms with Gasteiger partial charge in [0.05, 0.1) is 12.7 Å². The number of aromatic nitrogens is 2. The number of halogens is 1. The lowest BCUT2D eigenvalue weighted by Crippen LogP contribution is -2.37. The molecular weight excluding hydrogens is 453 g/mol. The summed E-state index contributed by atoms with van der Waals surface area (Å²) in [6.07, 6.45) is 5.65. The number of benzene rings is 1. The average Bonchev–Trinajstić information content (AvgIpc) is 3.07. The highest BCUT2D eigenvalue weighted by molar-refractivity contribution is 14.0. The Morgan fingerprint density at radius 1 is 1.30 bits per heavy atom. The summed E-state index contributed by atoms with van der Waals surface area (Å²) in [4.78, 5) is 4.67. The second-order valence-electron chi connectivity index (χ2n) is 5.95. The summed E-state index contributed by atoms with van der Waals surface area (Å²) >= 11 is 0. The van der Waals surface area contributed by atoms with Crippen LogP contribution in [-0.2, 0) is 13.0 Å². The van der Waals surface area contributed by atoms with E-state index >= 15 is 0 Å². The van der Waals surface area contributed by atoms with Gasteiger partial charge in [-0.05, 0) is 38.3 Å². The molecule has 0 aliphatic heterocycles. The van der Waals surface area contributed by atoms with E-state index in [-0.39, 0.29) is 24.0 Å². The average molecular weight is 483 g/mol. The molecule has 0 atom stereocenters. The maximum Gasteiger partial charge on any atom is 0.191 e. The highest BCUT2D eigenvalue weighted by Crippen LogP contribution is 2.18. The molecule has 0 bridgehead atoms. The van der Waals surface area contributed by atoms with E-state index in [0.29, 0.717) is 13.2 Å². The predicted octanol–water partition coefficient (Wildman–Crippen LogP) is 3.59. The summed E-state index contributed by atoms with van der Waals surface area (Å²) in [5, 5.41) is 13.7. The van der Waals surface area contributed by atoms with Gasteiger partial charge in [-0.15, -0.1) is 24.0 Å². The molecule has 1 aromatic heterocycles. The van der Waals surface area contributed by atoms with E-state index in [1.165, 1.54) is 5.56 Å². The van der Waals surface area contributed by atoms with Crippen molar-refractivity contribution in [2.75, 3.05) is 19.7 Å². The first-order chi connectivity index (χ1) is 12.7. The van der Waals surface area contributed by atoms with E-state index < -0.39 is 0 Å². The highest BCUT2D eigenvalue weighted by Gasteiger charge is 2.04. The molecule has 0 fully saturated rings. The molecule has 0 aliphatic carbocycles. The number of nitrogens with zero attached hydrogens (tertiary/aromatic N) is 2. The van der Waals surface area contributed by atoms with Crippen LogP contribution < -0.4 is 15.4 Å². The molecule has 0 spiro atoms. The summed E-state index contributed by atoms with van der Waals surface area (Å²) < 4.78 is 5.69. The van der Waals surface area contributed by atoms with Crippen LogP contribution >= 0.6 is 24.0 Å². The third-order valence-corrected chi connectivity index (χ3v) is 3.93. The largest absolute Gasteiger partial charge is 0.489 e. The third kappa shape index (κ3) is 8.03. The van der Waals surface area contributed by atoms with Crippen LogP contribution in [0, 0.1) is 6.92 Å². The fourth-order valence-corrected chi connectivity index (χ4v) is 2.54. The SMILES string of the molecule is C=CCOc1ccccc1CN=C(NCC)NCCCc1cn[nH]c1C.I. The van der Waals surface area contributed by atoms with Crippen LogP contribution in [0.5, 0.6) is 5.75 Å². The van der Waals surface area contributed by atoms with Crippen molar-refractivity contribution in [3.8, 4) is 5.75 Å². The number of para-hydroxylation sites is 1. The molecule has 0 aliphatic rings. The van der Waals surface area contributed by atoms with E-state index in [4.69, 9.17) is 4.74 Å². The number of rotatable bonds is 10. The smallest absolute Gasteiger partial charge is 0.191 e. The maximum atomic E-state index is 5.69. The molecular formula is C20H30IN5O. The number of nitrogens with one attached hydrogen (secondary N) is 3. The van der Waals surface area contributed by atoms with Crippen LogP contribution in [0.2, 0.25) is 0 Å². The van der Waals surface area contributed by atoms with Crippen LogP contribution in [0.4, 0.5) is 0 Å². The maximum absolute atomic E-state index is 5.69. The third-order valence-electron chi connectivity index (χ3n) is 3.93. The van der Waals surface area contributed by atoms with Gasteiger partial charge in [0.1, 0.15) is 12.4 Å². The topological polar surface area (TPSA) is 74.3 Å². The van der Waals surface area contributed by atoms with Gasteiger partial charge in [0.15, 0.2) is 5.96 Å². The fraction of sp³-hybridized carbons (Fsp3) is 0.400. The molecule has 27 heavy (non-hydrogen) atoms. The van der Waals surface area contributed by atoms with E-state index in [0.717, 1.165) is 48.9 Å². The molecule has 0 amide bonds. The first-order valence-electron chi connectivity index (χ1n) is 9.07. The molecule has 0 radical (unpaired) electrons. The Bertz CT molecular complexity index is 714. The zero-order chi connectivity index (χ0) is 18.6. The molecule has 3 N–H and O–H groups in total. The van der Waals surface area contributed by atoms with Gasteiger partial charge in [-0.25, -0.2) is 4.99 Å². The van der Waals surface area contributed by atoms with Crippen LogP contribution in [-0.4, -0.2) is 35.9 Å². The Labute approximate surface area is 178 Å². The van der Waals surface area contributed by atoms with Crippen LogP contribution in [0.1, 0.15) is 30.2 Å². The molecule has 2 rings (SSSR count). The molecule has 7 heteroatoms. The van der Waals surface area contributed by atoms with Crippen molar-refractivity contribution in [1.29, 1.82) is 0 Å². The van der Waals surface area contributed by atoms with E-state index in [1.54, 1.807) is 6.08 Å². The second-order valence-corrected chi connectivity index (χ2v) is 5.95. The molecule has 0 unspecified atom stereocenters. The van der Waals surface area contributed by atoms with Crippen LogP contribution in [0.15, 0.2) is 48.1 Å². The first-order valence-corrected chi connectivity index (χ1v) is 9.07. The number of hydrogen-bond acceptors (Lipinski definition) is 3. The number of aromatic amines is 1. The zero-order valence-corrected chi connectivity index (χ0v) is 18.5. The quantitative estimate of drug-likeness (QED) is 0.159. The van der Waals surface area contributed by atoms with Crippen molar-refractivity contribution in [1.82, 2.24) is 20.8 Å². The second kappa shape index (κ2) is 13.2. The Morgan fingerprint density at radius 2 is 2.11 bits per heavy atom. The van der Waals surface area contributed by atoms with Gasteiger partial charge in [-0.1, -0.05) is 30.9 Å². The van der Waals surface area contributed by atoms with Crippen molar-refractivity contribution in [3.63, 3.8) is 0 Å². The summed E-state index contributed by atoms with van der Waals surface area (Å²) in [6.45, 7) is 10.5. The van der Waals surface area contributed by atoms with Gasteiger partial charge >= 0.3 is 0 Å². The van der Waals surface area contributed by atoms with Gasteiger partial charge in [-0.2, -0.15) is 5.10 Å². The minimum Gasteiger partial charge on any atom is -0.489 e. The minimum atomic E-state index is 0. The molecule has 1 heterocycles. The standard InChI is InChI=1S/C20H29N5O.HI/c1-4-13-26-19-11-7-6-9-18(19)14-23-20(21-5-2)22-12-8-10-17-15-24-25-16(17)3;/h4,6-7,9,11,15H,1,5,8,10,12-14H2,2-3H3,(H,24,25)(H2,21,22,23);1H. The normalized spacial score (nSPS) is 10.8. The lowest BCUT2D eigenvalue weighted by Gasteiger charge is -2.12. The zero-order valence-electron chi connectivity index (χ0n) is 16.1. The number of guanidine groups is 1. The molecule has 0 saturated heterocycles. The Kier molecular flexibility index (Phi) is 11.2. The molecule has 148 valence electrons. The Hall–Kier alpha value is -2.03. The van der Waals surface area contributed by atoms with E-state index in [1.807, 2.05) is 37.4 Å². The van der Waals surface area contributed by atoms with Crippen LogP contribution in [0.25, 0.3) is 0 Å². The Morgan fingerprint density at radius 3 is 2.81 bits per heavy atom. The molecule has 2 aromatic rings. The van der Waals surface area contributed by atoms with Crippen molar-refractivity contribution in [3.05, 3.63) is 59.9 Å². The fourth-order valence-electron chi connectivity index (χ4n) is 2.54. The monoisotopic (exact) mass is 483 g/mol. The summed E-state index contributed by atoms with van der Waals surface area (Å²) in [6, 6.07) is 7.96. The van der Waals surface area contributed by atoms with Crippen molar-refractivity contribution < 1.29 is 4.74 Å².